The molecule has 3 rings (SSSR count). The van der Waals surface area contributed by atoms with E-state index in [2.05, 4.69) is 39.4 Å². The number of anilines is 3. The van der Waals surface area contributed by atoms with Crippen molar-refractivity contribution in [1.82, 2.24) is 19.5 Å². The number of aromatic nitrogens is 4. The van der Waals surface area contributed by atoms with Crippen LogP contribution in [0.1, 0.15) is 25.5 Å². The second-order valence-corrected chi connectivity index (χ2v) is 5.90. The van der Waals surface area contributed by atoms with Crippen LogP contribution in [0.5, 0.6) is 0 Å². The zero-order valence-electron chi connectivity index (χ0n) is 14.1. The van der Waals surface area contributed by atoms with E-state index in [0.717, 1.165) is 22.4 Å². The van der Waals surface area contributed by atoms with Gasteiger partial charge in [0.15, 0.2) is 17.0 Å². The van der Waals surface area contributed by atoms with Crippen molar-refractivity contribution >= 4 is 28.6 Å². The summed E-state index contributed by atoms with van der Waals surface area (Å²) in [5, 5.41) is 15.4. The predicted octanol–water partition coefficient (Wildman–Crippen LogP) is 2.86. The number of aliphatic hydroxyl groups excluding tert-OH is 1. The summed E-state index contributed by atoms with van der Waals surface area (Å²) in [6.45, 7) is 6.62. The molecule has 7 nitrogen and oxygen atoms in total. The lowest BCUT2D eigenvalue weighted by Gasteiger charge is -2.12. The normalized spacial score (nSPS) is 11.2. The predicted molar refractivity (Wildman–Crippen MR) is 95.7 cm³/mol. The first-order valence-electron chi connectivity index (χ1n) is 8.02. The van der Waals surface area contributed by atoms with Gasteiger partial charge in [-0.05, 0) is 32.4 Å². The van der Waals surface area contributed by atoms with E-state index in [4.69, 9.17) is 5.11 Å². The Kier molecular flexibility index (Phi) is 4.61. The summed E-state index contributed by atoms with van der Waals surface area (Å²) in [7, 11) is 0. The maximum Gasteiger partial charge on any atom is 0.226 e. The molecule has 1 aromatic carbocycles. The van der Waals surface area contributed by atoms with Crippen molar-refractivity contribution in [1.29, 1.82) is 0 Å². The molecule has 0 atom stereocenters. The van der Waals surface area contributed by atoms with Gasteiger partial charge >= 0.3 is 0 Å². The highest BCUT2D eigenvalue weighted by molar-refractivity contribution is 5.87. The van der Waals surface area contributed by atoms with Crippen molar-refractivity contribution in [3.8, 4) is 0 Å². The highest BCUT2D eigenvalue weighted by Gasteiger charge is 2.15. The minimum atomic E-state index is 0.0192. The van der Waals surface area contributed by atoms with Crippen LogP contribution in [0.3, 0.4) is 0 Å². The fraction of sp³-hybridized carbons (Fsp3) is 0.353. The molecule has 0 aliphatic rings. The topological polar surface area (TPSA) is 87.9 Å². The average molecular weight is 326 g/mol. The second kappa shape index (κ2) is 6.84. The van der Waals surface area contributed by atoms with Crippen molar-refractivity contribution in [2.75, 3.05) is 23.8 Å². The fourth-order valence-electron chi connectivity index (χ4n) is 2.47. The van der Waals surface area contributed by atoms with Crippen LogP contribution in [0.25, 0.3) is 11.2 Å². The number of fused-ring (bicyclic) bond motifs is 1. The first-order valence-corrected chi connectivity index (χ1v) is 8.02. The van der Waals surface area contributed by atoms with E-state index in [-0.39, 0.29) is 12.6 Å². The number of hydrogen-bond donors (Lipinski definition) is 3. The maximum atomic E-state index is 9.03. The molecule has 0 amide bonds. The molecular formula is C17H22N6O. The molecule has 0 aliphatic heterocycles. The minimum Gasteiger partial charge on any atom is -0.395 e. The third-order valence-electron chi connectivity index (χ3n) is 3.77. The van der Waals surface area contributed by atoms with Gasteiger partial charge in [-0.2, -0.15) is 9.97 Å². The van der Waals surface area contributed by atoms with E-state index >= 15 is 0 Å². The van der Waals surface area contributed by atoms with Gasteiger partial charge < -0.3 is 20.3 Å². The van der Waals surface area contributed by atoms with E-state index in [9.17, 15) is 0 Å². The van der Waals surface area contributed by atoms with E-state index in [1.807, 2.05) is 35.8 Å². The molecule has 0 bridgehead atoms. The number of imidazole rings is 1. The quantitative estimate of drug-likeness (QED) is 0.645. The Morgan fingerprint density at radius 2 is 2.00 bits per heavy atom. The summed E-state index contributed by atoms with van der Waals surface area (Å²) >= 11 is 0. The Morgan fingerprint density at radius 1 is 1.21 bits per heavy atom. The minimum absolute atomic E-state index is 0.0192. The summed E-state index contributed by atoms with van der Waals surface area (Å²) in [4.78, 5) is 13.6. The lowest BCUT2D eigenvalue weighted by Crippen LogP contribution is -2.11. The Labute approximate surface area is 140 Å². The number of aryl methyl sites for hydroxylation is 1. The van der Waals surface area contributed by atoms with Crippen LogP contribution >= 0.6 is 0 Å². The maximum absolute atomic E-state index is 9.03. The Bertz CT molecular complexity index is 842. The van der Waals surface area contributed by atoms with E-state index in [1.165, 1.54) is 0 Å². The Hall–Kier alpha value is -2.67. The number of rotatable bonds is 6. The van der Waals surface area contributed by atoms with Crippen LogP contribution in [0.15, 0.2) is 30.6 Å². The van der Waals surface area contributed by atoms with Gasteiger partial charge in [-0.3, -0.25) is 0 Å². The van der Waals surface area contributed by atoms with Gasteiger partial charge in [-0.15, -0.1) is 0 Å². The number of para-hydroxylation sites is 1. The number of nitrogens with one attached hydrogen (secondary N) is 2. The standard InChI is InChI=1S/C17H22N6O/c1-11(2)23-10-19-14-15(20-13-7-5-4-6-12(13)3)21-17(18-8-9-24)22-16(14)23/h4-7,10-11,24H,8-9H2,1-3H3,(H2,18,20,21,22). The van der Waals surface area contributed by atoms with Gasteiger partial charge in [-0.25, -0.2) is 4.98 Å². The van der Waals surface area contributed by atoms with Crippen LogP contribution in [0.4, 0.5) is 17.5 Å². The molecule has 3 aromatic rings. The van der Waals surface area contributed by atoms with Crippen molar-refractivity contribution in [3.63, 3.8) is 0 Å². The average Bonchev–Trinajstić information content (AvgIpc) is 2.99. The highest BCUT2D eigenvalue weighted by Crippen LogP contribution is 2.27. The molecule has 7 heteroatoms. The second-order valence-electron chi connectivity index (χ2n) is 5.90. The van der Waals surface area contributed by atoms with E-state index in [0.29, 0.717) is 18.3 Å². The molecule has 0 fully saturated rings. The molecular weight excluding hydrogens is 304 g/mol. The first-order chi connectivity index (χ1) is 11.6. The molecule has 3 N–H and O–H groups in total. The molecule has 126 valence electrons. The van der Waals surface area contributed by atoms with Crippen LogP contribution in [0, 0.1) is 6.92 Å². The lowest BCUT2D eigenvalue weighted by atomic mass is 10.2. The molecule has 24 heavy (non-hydrogen) atoms. The molecule has 2 aromatic heterocycles. The summed E-state index contributed by atoms with van der Waals surface area (Å²) in [5.41, 5.74) is 3.58. The summed E-state index contributed by atoms with van der Waals surface area (Å²) in [5.74, 6) is 1.11. The van der Waals surface area contributed by atoms with E-state index in [1.54, 1.807) is 6.33 Å². The third-order valence-corrected chi connectivity index (χ3v) is 3.77. The molecule has 0 saturated heterocycles. The summed E-state index contributed by atoms with van der Waals surface area (Å²) < 4.78 is 2.00. The molecule has 0 radical (unpaired) electrons. The monoisotopic (exact) mass is 326 g/mol. The van der Waals surface area contributed by atoms with Gasteiger partial charge in [0.2, 0.25) is 5.95 Å². The van der Waals surface area contributed by atoms with Crippen LogP contribution in [-0.2, 0) is 0 Å². The van der Waals surface area contributed by atoms with Gasteiger partial charge in [0.1, 0.15) is 0 Å². The van der Waals surface area contributed by atoms with Gasteiger partial charge in [0, 0.05) is 18.3 Å². The smallest absolute Gasteiger partial charge is 0.226 e. The largest absolute Gasteiger partial charge is 0.395 e. The highest BCUT2D eigenvalue weighted by atomic mass is 16.3. The lowest BCUT2D eigenvalue weighted by molar-refractivity contribution is 0.311. The number of hydrogen-bond acceptors (Lipinski definition) is 6. The molecule has 0 unspecified atom stereocenters. The first kappa shape index (κ1) is 16.2. The molecule has 0 aliphatic carbocycles. The molecule has 0 saturated carbocycles. The van der Waals surface area contributed by atoms with Crippen molar-refractivity contribution in [2.24, 2.45) is 0 Å². The van der Waals surface area contributed by atoms with Crippen LogP contribution in [0.2, 0.25) is 0 Å². The zero-order valence-corrected chi connectivity index (χ0v) is 14.1. The Balaban J connectivity index is 2.09. The zero-order chi connectivity index (χ0) is 17.1. The van der Waals surface area contributed by atoms with E-state index < -0.39 is 0 Å². The fourth-order valence-corrected chi connectivity index (χ4v) is 2.47. The van der Waals surface area contributed by atoms with Crippen molar-refractivity contribution in [3.05, 3.63) is 36.2 Å². The number of nitrogens with zero attached hydrogens (tertiary/aromatic N) is 4. The van der Waals surface area contributed by atoms with Crippen LogP contribution in [-0.4, -0.2) is 37.8 Å². The van der Waals surface area contributed by atoms with Crippen LogP contribution < -0.4 is 10.6 Å². The summed E-state index contributed by atoms with van der Waals surface area (Å²) in [6.07, 6.45) is 1.78. The third kappa shape index (κ3) is 3.16. The Morgan fingerprint density at radius 3 is 2.71 bits per heavy atom. The van der Waals surface area contributed by atoms with Crippen molar-refractivity contribution < 1.29 is 5.11 Å². The van der Waals surface area contributed by atoms with Gasteiger partial charge in [0.25, 0.3) is 0 Å². The van der Waals surface area contributed by atoms with Gasteiger partial charge in [-0.1, -0.05) is 18.2 Å². The number of benzene rings is 1. The number of aliphatic hydroxyl groups is 1. The van der Waals surface area contributed by atoms with Crippen molar-refractivity contribution in [2.45, 2.75) is 26.8 Å². The molecule has 0 spiro atoms. The summed E-state index contributed by atoms with van der Waals surface area (Å²) in [6, 6.07) is 8.26. The molecule has 2 heterocycles. The van der Waals surface area contributed by atoms with Gasteiger partial charge in [0.05, 0.1) is 12.9 Å². The SMILES string of the molecule is Cc1ccccc1Nc1nc(NCCO)nc2c1ncn2C(C)C.